The fraction of sp³-hybridized carbons (Fsp3) is 0.333. The van der Waals surface area contributed by atoms with E-state index in [2.05, 4.69) is 33.6 Å². The highest BCUT2D eigenvalue weighted by Gasteiger charge is 2.11. The number of aromatic nitrogens is 1. The summed E-state index contributed by atoms with van der Waals surface area (Å²) < 4.78 is 5.42. The Bertz CT molecular complexity index is 628. The molecule has 1 atom stereocenters. The van der Waals surface area contributed by atoms with Crippen molar-refractivity contribution in [3.05, 3.63) is 59.9 Å². The van der Waals surface area contributed by atoms with Crippen LogP contribution in [0.15, 0.2) is 53.7 Å². The summed E-state index contributed by atoms with van der Waals surface area (Å²) in [6, 6.07) is 14.0. The number of ether oxygens (including phenoxy) is 1. The SMILES string of the molecule is CN=C(NCc1ccccn1)NCC(C)c1ccccc1OC. The third-order valence-corrected chi connectivity index (χ3v) is 3.63. The molecule has 0 bridgehead atoms. The smallest absolute Gasteiger partial charge is 0.191 e. The van der Waals surface area contributed by atoms with Crippen molar-refractivity contribution in [2.75, 3.05) is 20.7 Å². The van der Waals surface area contributed by atoms with Gasteiger partial charge in [-0.05, 0) is 23.8 Å². The van der Waals surface area contributed by atoms with Gasteiger partial charge in [-0.25, -0.2) is 0 Å². The van der Waals surface area contributed by atoms with E-state index < -0.39 is 0 Å². The molecule has 0 radical (unpaired) electrons. The Labute approximate surface area is 137 Å². The first-order valence-corrected chi connectivity index (χ1v) is 7.72. The Morgan fingerprint density at radius 1 is 1.17 bits per heavy atom. The van der Waals surface area contributed by atoms with Crippen LogP contribution in [0, 0.1) is 0 Å². The quantitative estimate of drug-likeness (QED) is 0.636. The summed E-state index contributed by atoms with van der Waals surface area (Å²) in [5, 5.41) is 6.61. The van der Waals surface area contributed by atoms with E-state index >= 15 is 0 Å². The minimum absolute atomic E-state index is 0.305. The van der Waals surface area contributed by atoms with Crippen molar-refractivity contribution in [2.24, 2.45) is 4.99 Å². The molecule has 2 N–H and O–H groups in total. The lowest BCUT2D eigenvalue weighted by Gasteiger charge is -2.18. The molecule has 0 spiro atoms. The second-order valence-electron chi connectivity index (χ2n) is 5.27. The van der Waals surface area contributed by atoms with Gasteiger partial charge in [0, 0.05) is 25.7 Å². The van der Waals surface area contributed by atoms with Gasteiger partial charge >= 0.3 is 0 Å². The van der Waals surface area contributed by atoms with E-state index in [0.717, 1.165) is 23.9 Å². The fourth-order valence-electron chi connectivity index (χ4n) is 2.33. The van der Waals surface area contributed by atoms with E-state index in [1.54, 1.807) is 20.4 Å². The summed E-state index contributed by atoms with van der Waals surface area (Å²) in [5.41, 5.74) is 2.16. The van der Waals surface area contributed by atoms with Gasteiger partial charge in [0.25, 0.3) is 0 Å². The maximum atomic E-state index is 5.42. The number of rotatable bonds is 6. The molecule has 0 saturated carbocycles. The molecular formula is C18H24N4O. The molecule has 0 fully saturated rings. The molecule has 1 aromatic carbocycles. The zero-order valence-electron chi connectivity index (χ0n) is 13.9. The second-order valence-corrected chi connectivity index (χ2v) is 5.27. The lowest BCUT2D eigenvalue weighted by atomic mass is 10.0. The van der Waals surface area contributed by atoms with Crippen molar-refractivity contribution in [3.8, 4) is 5.75 Å². The van der Waals surface area contributed by atoms with Crippen LogP contribution >= 0.6 is 0 Å². The Kier molecular flexibility index (Phi) is 6.41. The van der Waals surface area contributed by atoms with Crippen LogP contribution in [0.25, 0.3) is 0 Å². The van der Waals surface area contributed by atoms with Crippen LogP contribution in [-0.2, 0) is 6.54 Å². The zero-order valence-corrected chi connectivity index (χ0v) is 13.9. The number of nitrogens with one attached hydrogen (secondary N) is 2. The normalized spacial score (nSPS) is 12.6. The van der Waals surface area contributed by atoms with Crippen molar-refractivity contribution in [1.29, 1.82) is 0 Å². The second kappa shape index (κ2) is 8.78. The molecule has 5 nitrogen and oxygen atoms in total. The van der Waals surface area contributed by atoms with E-state index in [1.165, 1.54) is 5.56 Å². The van der Waals surface area contributed by atoms with Gasteiger partial charge in [-0.1, -0.05) is 31.2 Å². The molecule has 122 valence electrons. The van der Waals surface area contributed by atoms with E-state index in [0.29, 0.717) is 12.5 Å². The number of benzene rings is 1. The summed E-state index contributed by atoms with van der Waals surface area (Å²) in [6.45, 7) is 3.57. The van der Waals surface area contributed by atoms with Crippen LogP contribution in [-0.4, -0.2) is 31.6 Å². The number of aliphatic imine (C=N–C) groups is 1. The molecule has 0 amide bonds. The minimum atomic E-state index is 0.305. The Balaban J connectivity index is 1.87. The molecule has 2 rings (SSSR count). The van der Waals surface area contributed by atoms with E-state index in [9.17, 15) is 0 Å². The first kappa shape index (κ1) is 16.8. The summed E-state index contributed by atoms with van der Waals surface area (Å²) >= 11 is 0. The molecule has 0 aliphatic carbocycles. The molecule has 5 heteroatoms. The number of methoxy groups -OCH3 is 1. The highest BCUT2D eigenvalue weighted by atomic mass is 16.5. The average molecular weight is 312 g/mol. The van der Waals surface area contributed by atoms with Crippen LogP contribution in [0.3, 0.4) is 0 Å². The topological polar surface area (TPSA) is 58.5 Å². The van der Waals surface area contributed by atoms with Crippen molar-refractivity contribution >= 4 is 5.96 Å². The number of hydrogen-bond acceptors (Lipinski definition) is 3. The molecule has 0 saturated heterocycles. The lowest BCUT2D eigenvalue weighted by Crippen LogP contribution is -2.38. The van der Waals surface area contributed by atoms with Gasteiger partial charge in [0.2, 0.25) is 0 Å². The van der Waals surface area contributed by atoms with Crippen LogP contribution in [0.5, 0.6) is 5.75 Å². The summed E-state index contributed by atoms with van der Waals surface area (Å²) in [7, 11) is 3.47. The Morgan fingerprint density at radius 2 is 1.96 bits per heavy atom. The summed E-state index contributed by atoms with van der Waals surface area (Å²) in [4.78, 5) is 8.54. The number of hydrogen-bond donors (Lipinski definition) is 2. The van der Waals surface area contributed by atoms with Gasteiger partial charge in [0.05, 0.1) is 19.3 Å². The largest absolute Gasteiger partial charge is 0.496 e. The van der Waals surface area contributed by atoms with Crippen LogP contribution in [0.1, 0.15) is 24.1 Å². The summed E-state index contributed by atoms with van der Waals surface area (Å²) in [5.74, 6) is 1.98. The summed E-state index contributed by atoms with van der Waals surface area (Å²) in [6.07, 6.45) is 1.79. The van der Waals surface area contributed by atoms with Gasteiger partial charge in [-0.2, -0.15) is 0 Å². The van der Waals surface area contributed by atoms with Crippen LogP contribution < -0.4 is 15.4 Å². The lowest BCUT2D eigenvalue weighted by molar-refractivity contribution is 0.406. The van der Waals surface area contributed by atoms with Gasteiger partial charge in [0.15, 0.2) is 5.96 Å². The van der Waals surface area contributed by atoms with Crippen molar-refractivity contribution in [1.82, 2.24) is 15.6 Å². The number of nitrogens with zero attached hydrogens (tertiary/aromatic N) is 2. The van der Waals surface area contributed by atoms with E-state index in [4.69, 9.17) is 4.74 Å². The van der Waals surface area contributed by atoms with Gasteiger partial charge in [0.1, 0.15) is 5.75 Å². The number of guanidine groups is 1. The van der Waals surface area contributed by atoms with Gasteiger partial charge < -0.3 is 15.4 Å². The predicted molar refractivity (Wildman–Crippen MR) is 93.8 cm³/mol. The highest BCUT2D eigenvalue weighted by molar-refractivity contribution is 5.79. The number of pyridine rings is 1. The monoisotopic (exact) mass is 312 g/mol. The molecule has 1 aromatic heterocycles. The first-order valence-electron chi connectivity index (χ1n) is 7.72. The highest BCUT2D eigenvalue weighted by Crippen LogP contribution is 2.25. The first-order chi connectivity index (χ1) is 11.2. The fourth-order valence-corrected chi connectivity index (χ4v) is 2.33. The van der Waals surface area contributed by atoms with Crippen LogP contribution in [0.4, 0.5) is 0 Å². The van der Waals surface area contributed by atoms with Crippen molar-refractivity contribution in [2.45, 2.75) is 19.4 Å². The molecular weight excluding hydrogens is 288 g/mol. The molecule has 0 aliphatic heterocycles. The Hall–Kier alpha value is -2.56. The van der Waals surface area contributed by atoms with Gasteiger partial charge in [-0.3, -0.25) is 9.98 Å². The number of para-hydroxylation sites is 1. The zero-order chi connectivity index (χ0) is 16.5. The third kappa shape index (κ3) is 4.98. The van der Waals surface area contributed by atoms with Gasteiger partial charge in [-0.15, -0.1) is 0 Å². The predicted octanol–water partition coefficient (Wildman–Crippen LogP) is 2.56. The molecule has 0 aliphatic rings. The van der Waals surface area contributed by atoms with E-state index in [1.807, 2.05) is 36.4 Å². The standard InChI is InChI=1S/C18H24N4O/c1-14(16-9-4-5-10-17(16)23-3)12-21-18(19-2)22-13-15-8-6-7-11-20-15/h4-11,14H,12-13H2,1-3H3,(H2,19,21,22). The van der Waals surface area contributed by atoms with Crippen molar-refractivity contribution < 1.29 is 4.74 Å². The minimum Gasteiger partial charge on any atom is -0.496 e. The molecule has 1 heterocycles. The Morgan fingerprint density at radius 3 is 2.65 bits per heavy atom. The van der Waals surface area contributed by atoms with E-state index in [-0.39, 0.29) is 0 Å². The van der Waals surface area contributed by atoms with Crippen molar-refractivity contribution in [3.63, 3.8) is 0 Å². The molecule has 1 unspecified atom stereocenters. The molecule has 2 aromatic rings. The van der Waals surface area contributed by atoms with Crippen LogP contribution in [0.2, 0.25) is 0 Å². The maximum Gasteiger partial charge on any atom is 0.191 e. The average Bonchev–Trinajstić information content (AvgIpc) is 2.62. The maximum absolute atomic E-state index is 5.42. The molecule has 23 heavy (non-hydrogen) atoms. The third-order valence-electron chi connectivity index (χ3n) is 3.63.